The molecule has 7 heteroatoms. The van der Waals surface area contributed by atoms with E-state index in [1.165, 1.54) is 4.90 Å². The van der Waals surface area contributed by atoms with Crippen LogP contribution in [0.2, 0.25) is 0 Å². The molecule has 1 fully saturated rings. The summed E-state index contributed by atoms with van der Waals surface area (Å²) in [7, 11) is 0. The van der Waals surface area contributed by atoms with Crippen LogP contribution in [0.25, 0.3) is 0 Å². The van der Waals surface area contributed by atoms with Crippen LogP contribution >= 0.6 is 0 Å². The number of nitrogens with zero attached hydrogens (tertiary/aromatic N) is 2. The molecule has 92 valence electrons. The lowest BCUT2D eigenvalue weighted by molar-refractivity contribution is -0.142. The summed E-state index contributed by atoms with van der Waals surface area (Å²) in [4.78, 5) is 24.3. The maximum atomic E-state index is 12.0. The van der Waals surface area contributed by atoms with Crippen molar-refractivity contribution in [2.75, 3.05) is 13.1 Å². The number of aliphatic carboxylic acids is 1. The van der Waals surface area contributed by atoms with Crippen LogP contribution in [0.3, 0.4) is 0 Å². The number of amides is 1. The first-order valence-electron chi connectivity index (χ1n) is 5.26. The molecule has 1 aliphatic rings. The lowest BCUT2D eigenvalue weighted by Crippen LogP contribution is -2.50. The van der Waals surface area contributed by atoms with Crippen molar-refractivity contribution in [3.63, 3.8) is 0 Å². The highest BCUT2D eigenvalue weighted by Crippen LogP contribution is 2.20. The minimum atomic E-state index is -1.33. The smallest absolute Gasteiger partial charge is 0.325 e. The molecular formula is C10H14N4O3. The van der Waals surface area contributed by atoms with Gasteiger partial charge < -0.3 is 15.7 Å². The number of hydrogen-bond acceptors (Lipinski definition) is 4. The van der Waals surface area contributed by atoms with Crippen molar-refractivity contribution in [1.29, 1.82) is 0 Å². The number of nitrogens with two attached hydrogens (primary N) is 1. The maximum absolute atomic E-state index is 12.0. The highest BCUT2D eigenvalue weighted by molar-refractivity contribution is 5.93. The lowest BCUT2D eigenvalue weighted by atomic mass is 10.0. The van der Waals surface area contributed by atoms with E-state index in [1.54, 1.807) is 13.0 Å². The van der Waals surface area contributed by atoms with Crippen molar-refractivity contribution in [2.45, 2.75) is 18.9 Å². The number of likely N-dealkylation sites (tertiary alicyclic amines) is 1. The summed E-state index contributed by atoms with van der Waals surface area (Å²) < 4.78 is 0. The fourth-order valence-electron chi connectivity index (χ4n) is 1.87. The van der Waals surface area contributed by atoms with Gasteiger partial charge >= 0.3 is 5.97 Å². The Hall–Kier alpha value is -1.89. The largest absolute Gasteiger partial charge is 0.480 e. The minimum Gasteiger partial charge on any atom is -0.480 e. The number of hydrogen-bond donors (Lipinski definition) is 3. The summed E-state index contributed by atoms with van der Waals surface area (Å²) in [6.45, 7) is 2.15. The topological polar surface area (TPSA) is 112 Å². The van der Waals surface area contributed by atoms with E-state index in [2.05, 4.69) is 10.2 Å². The average Bonchev–Trinajstić information content (AvgIpc) is 2.85. The quantitative estimate of drug-likeness (QED) is 0.633. The third-order valence-electron chi connectivity index (χ3n) is 2.94. The molecule has 1 amide bonds. The number of H-pyrrole nitrogens is 1. The molecular weight excluding hydrogens is 224 g/mol. The summed E-state index contributed by atoms with van der Waals surface area (Å²) >= 11 is 0. The number of aromatic nitrogens is 2. The van der Waals surface area contributed by atoms with Crippen LogP contribution in [0, 0.1) is 6.92 Å². The maximum Gasteiger partial charge on any atom is 0.325 e. The van der Waals surface area contributed by atoms with Gasteiger partial charge in [0.1, 0.15) is 11.2 Å². The molecule has 2 rings (SSSR count). The zero-order valence-corrected chi connectivity index (χ0v) is 9.43. The first kappa shape index (κ1) is 11.6. The molecule has 2 heterocycles. The Morgan fingerprint density at radius 1 is 1.65 bits per heavy atom. The minimum absolute atomic E-state index is 0.0209. The van der Waals surface area contributed by atoms with Crippen molar-refractivity contribution >= 4 is 11.9 Å². The number of aryl methyl sites for hydroxylation is 1. The second-order valence-corrected chi connectivity index (χ2v) is 4.37. The molecule has 1 saturated heterocycles. The molecule has 0 bridgehead atoms. The molecule has 1 aromatic rings. The molecule has 0 spiro atoms. The summed E-state index contributed by atoms with van der Waals surface area (Å²) in [6.07, 6.45) is 0.261. The van der Waals surface area contributed by atoms with Gasteiger partial charge in [-0.3, -0.25) is 14.7 Å². The molecule has 0 saturated carbocycles. The molecule has 0 radical (unpaired) electrons. The number of aromatic amines is 1. The van der Waals surface area contributed by atoms with Crippen molar-refractivity contribution in [3.8, 4) is 0 Å². The molecule has 1 aliphatic heterocycles. The second kappa shape index (κ2) is 3.85. The van der Waals surface area contributed by atoms with Crippen LogP contribution in [0.5, 0.6) is 0 Å². The van der Waals surface area contributed by atoms with E-state index >= 15 is 0 Å². The van der Waals surface area contributed by atoms with Crippen LogP contribution in [0.1, 0.15) is 22.6 Å². The standard InChI is InChI=1S/C10H14N4O3/c1-6-4-7(13-12-6)8(15)14-3-2-10(11,5-14)9(16)17/h4H,2-3,5,11H2,1H3,(H,12,13)(H,16,17). The van der Waals surface area contributed by atoms with E-state index < -0.39 is 11.5 Å². The Kier molecular flexibility index (Phi) is 2.62. The second-order valence-electron chi connectivity index (χ2n) is 4.37. The van der Waals surface area contributed by atoms with Crippen molar-refractivity contribution in [2.24, 2.45) is 5.73 Å². The van der Waals surface area contributed by atoms with Crippen LogP contribution in [-0.4, -0.2) is 50.7 Å². The zero-order chi connectivity index (χ0) is 12.6. The van der Waals surface area contributed by atoms with E-state index in [0.717, 1.165) is 5.69 Å². The van der Waals surface area contributed by atoms with E-state index in [4.69, 9.17) is 10.8 Å². The summed E-state index contributed by atoms with van der Waals surface area (Å²) in [5, 5.41) is 15.5. The molecule has 17 heavy (non-hydrogen) atoms. The van der Waals surface area contributed by atoms with Crippen LogP contribution in [-0.2, 0) is 4.79 Å². The Morgan fingerprint density at radius 3 is 2.82 bits per heavy atom. The summed E-state index contributed by atoms with van der Waals surface area (Å²) in [6, 6.07) is 1.62. The Labute approximate surface area is 97.6 Å². The van der Waals surface area contributed by atoms with Gasteiger partial charge in [-0.05, 0) is 19.4 Å². The molecule has 0 aromatic carbocycles. The predicted molar refractivity (Wildman–Crippen MR) is 58.4 cm³/mol. The molecule has 1 atom stereocenters. The number of nitrogens with one attached hydrogen (secondary N) is 1. The van der Waals surface area contributed by atoms with Gasteiger partial charge in [-0.25, -0.2) is 0 Å². The Morgan fingerprint density at radius 2 is 2.35 bits per heavy atom. The van der Waals surface area contributed by atoms with Crippen molar-refractivity contribution in [1.82, 2.24) is 15.1 Å². The molecule has 1 unspecified atom stereocenters. The monoisotopic (exact) mass is 238 g/mol. The molecule has 4 N–H and O–H groups in total. The molecule has 1 aromatic heterocycles. The Balaban J connectivity index is 2.11. The lowest BCUT2D eigenvalue weighted by Gasteiger charge is -2.19. The first-order chi connectivity index (χ1) is 7.92. The van der Waals surface area contributed by atoms with Crippen molar-refractivity contribution in [3.05, 3.63) is 17.5 Å². The predicted octanol–water partition coefficient (Wildman–Crippen LogP) is -0.654. The zero-order valence-electron chi connectivity index (χ0n) is 9.43. The number of carbonyl (C=O) groups is 2. The number of carboxylic acids is 1. The van der Waals surface area contributed by atoms with Gasteiger partial charge in [0.05, 0.1) is 0 Å². The third kappa shape index (κ3) is 2.01. The van der Waals surface area contributed by atoms with Gasteiger partial charge in [0.15, 0.2) is 0 Å². The molecule has 0 aliphatic carbocycles. The van der Waals surface area contributed by atoms with Gasteiger partial charge in [-0.2, -0.15) is 5.10 Å². The SMILES string of the molecule is Cc1cc(C(=O)N2CCC(N)(C(=O)O)C2)n[nH]1. The normalized spacial score (nSPS) is 24.0. The van der Waals surface area contributed by atoms with Gasteiger partial charge in [-0.1, -0.05) is 0 Å². The van der Waals surface area contributed by atoms with Gasteiger partial charge in [0.25, 0.3) is 5.91 Å². The average molecular weight is 238 g/mol. The fraction of sp³-hybridized carbons (Fsp3) is 0.500. The van der Waals surface area contributed by atoms with Crippen LogP contribution in [0.15, 0.2) is 6.07 Å². The summed E-state index contributed by atoms with van der Waals surface area (Å²) in [5.74, 6) is -1.37. The van der Waals surface area contributed by atoms with Gasteiger partial charge in [-0.15, -0.1) is 0 Å². The van der Waals surface area contributed by atoms with E-state index in [0.29, 0.717) is 6.54 Å². The highest BCUT2D eigenvalue weighted by atomic mass is 16.4. The Bertz CT molecular complexity index is 470. The summed E-state index contributed by atoms with van der Waals surface area (Å²) in [5.41, 5.74) is 5.43. The van der Waals surface area contributed by atoms with Crippen LogP contribution < -0.4 is 5.73 Å². The number of carboxylic acid groups (broad SMARTS) is 1. The number of rotatable bonds is 2. The first-order valence-corrected chi connectivity index (χ1v) is 5.26. The molecule has 7 nitrogen and oxygen atoms in total. The van der Waals surface area contributed by atoms with E-state index in [9.17, 15) is 9.59 Å². The van der Waals surface area contributed by atoms with Gasteiger partial charge in [0, 0.05) is 18.8 Å². The van der Waals surface area contributed by atoms with E-state index in [-0.39, 0.29) is 24.6 Å². The highest BCUT2D eigenvalue weighted by Gasteiger charge is 2.43. The van der Waals surface area contributed by atoms with Gasteiger partial charge in [0.2, 0.25) is 0 Å². The fourth-order valence-corrected chi connectivity index (χ4v) is 1.87. The van der Waals surface area contributed by atoms with Crippen LogP contribution in [0.4, 0.5) is 0 Å². The third-order valence-corrected chi connectivity index (χ3v) is 2.94. The number of carbonyl (C=O) groups excluding carboxylic acids is 1. The van der Waals surface area contributed by atoms with E-state index in [1.807, 2.05) is 0 Å². The van der Waals surface area contributed by atoms with Crippen molar-refractivity contribution < 1.29 is 14.7 Å².